The number of hydrogen-bond acceptors (Lipinski definition) is 3. The molecule has 1 amide bonds. The lowest BCUT2D eigenvalue weighted by molar-refractivity contribution is -0.124. The van der Waals surface area contributed by atoms with Crippen molar-refractivity contribution in [3.8, 4) is 6.07 Å². The van der Waals surface area contributed by atoms with Crippen LogP contribution in [0.25, 0.3) is 0 Å². The molecule has 1 aliphatic rings. The second kappa shape index (κ2) is 7.07. The van der Waals surface area contributed by atoms with Crippen molar-refractivity contribution in [3.63, 3.8) is 0 Å². The molecule has 8 heteroatoms. The average molecular weight is 523 g/mol. The van der Waals surface area contributed by atoms with E-state index in [-0.39, 0.29) is 5.91 Å². The molecule has 28 heavy (non-hydrogen) atoms. The summed E-state index contributed by atoms with van der Waals surface area (Å²) in [5, 5.41) is 9.90. The number of anilines is 2. The Kier molecular flexibility index (Phi) is 4.86. The molecule has 1 aromatic heterocycles. The Bertz CT molecular complexity index is 1120. The summed E-state index contributed by atoms with van der Waals surface area (Å²) in [6.07, 6.45) is 2.19. The van der Waals surface area contributed by atoms with Gasteiger partial charge in [0.2, 0.25) is 5.95 Å². The molecule has 3 aromatic rings. The number of fused-ring (bicyclic) bond motifs is 1. The van der Waals surface area contributed by atoms with E-state index in [1.54, 1.807) is 41.4 Å². The van der Waals surface area contributed by atoms with Crippen LogP contribution in [0, 0.1) is 15.0 Å². The maximum Gasteiger partial charge on any atom is 0.260 e. The second-order valence-electron chi connectivity index (χ2n) is 6.74. The topological polar surface area (TPSA) is 61.9 Å². The molecule has 0 bridgehead atoms. The minimum atomic E-state index is -0.870. The molecule has 0 N–H and O–H groups in total. The third-order valence-corrected chi connectivity index (χ3v) is 5.99. The highest BCUT2D eigenvalue weighted by Gasteiger charge is 2.50. The molecule has 0 spiro atoms. The number of nitriles is 1. The van der Waals surface area contributed by atoms with Crippen LogP contribution in [0.1, 0.15) is 18.1 Å². The van der Waals surface area contributed by atoms with Crippen molar-refractivity contribution in [2.45, 2.75) is 18.9 Å². The van der Waals surface area contributed by atoms with E-state index in [4.69, 9.17) is 28.5 Å². The number of hydrogen-bond donors (Lipinski definition) is 0. The molecule has 0 fully saturated rings. The zero-order valence-electron chi connectivity index (χ0n) is 14.7. The average Bonchev–Trinajstić information content (AvgIpc) is 3.12. The zero-order valence-corrected chi connectivity index (χ0v) is 18.3. The lowest BCUT2D eigenvalue weighted by atomic mass is 9.91. The minimum absolute atomic E-state index is 0.115. The van der Waals surface area contributed by atoms with E-state index in [9.17, 15) is 4.79 Å². The molecule has 2 aromatic carbocycles. The van der Waals surface area contributed by atoms with Crippen molar-refractivity contribution >= 4 is 63.3 Å². The fraction of sp³-hybridized carbons (Fsp3) is 0.150. The third-order valence-electron chi connectivity index (χ3n) is 4.79. The minimum Gasteiger partial charge on any atom is -0.289 e. The summed E-state index contributed by atoms with van der Waals surface area (Å²) >= 11 is 14.5. The standard InChI is InChI=1S/C20H13Cl2IN4O/c1-20(9-12-2-4-13(10-24)5-3-12)18(28)26(19-25-11-17(23)27(19)20)16-7-14(21)6-15(22)8-16/h2-8,11H,9H2,1H3. The summed E-state index contributed by atoms with van der Waals surface area (Å²) in [7, 11) is 0. The van der Waals surface area contributed by atoms with Gasteiger partial charge in [-0.2, -0.15) is 5.26 Å². The summed E-state index contributed by atoms with van der Waals surface area (Å²) in [5.74, 6) is 0.417. The fourth-order valence-electron chi connectivity index (χ4n) is 3.51. The molecule has 140 valence electrons. The molecule has 5 nitrogen and oxygen atoms in total. The first-order chi connectivity index (χ1) is 13.3. The maximum atomic E-state index is 13.6. The Morgan fingerprint density at radius 2 is 1.82 bits per heavy atom. The van der Waals surface area contributed by atoms with Crippen LogP contribution in [0.5, 0.6) is 0 Å². The second-order valence-corrected chi connectivity index (χ2v) is 8.72. The van der Waals surface area contributed by atoms with E-state index in [0.29, 0.717) is 33.7 Å². The number of rotatable bonds is 3. The first-order valence-corrected chi connectivity index (χ1v) is 10.2. The number of carbonyl (C=O) groups excluding carboxylic acids is 1. The summed E-state index contributed by atoms with van der Waals surface area (Å²) in [6.45, 7) is 1.90. The Hall–Kier alpha value is -2.08. The maximum absolute atomic E-state index is 13.6. The van der Waals surface area contributed by atoms with Gasteiger partial charge in [-0.15, -0.1) is 0 Å². The summed E-state index contributed by atoms with van der Waals surface area (Å²) in [5.41, 5.74) is 1.25. The molecule has 0 radical (unpaired) electrons. The number of carbonyl (C=O) groups is 1. The van der Waals surface area contributed by atoms with Crippen LogP contribution in [-0.4, -0.2) is 15.5 Å². The number of nitrogens with zero attached hydrogens (tertiary/aromatic N) is 4. The van der Waals surface area contributed by atoms with Gasteiger partial charge in [-0.05, 0) is 65.4 Å². The van der Waals surface area contributed by atoms with E-state index in [1.807, 2.05) is 23.6 Å². The summed E-state index contributed by atoms with van der Waals surface area (Å²) < 4.78 is 2.79. The van der Waals surface area contributed by atoms with Crippen LogP contribution in [-0.2, 0) is 16.8 Å². The SMILES string of the molecule is CC1(Cc2ccc(C#N)cc2)C(=O)N(c2cc(Cl)cc(Cl)c2)c2ncc(I)n21. The molecular formula is C20H13Cl2IN4O. The van der Waals surface area contributed by atoms with Crippen LogP contribution in [0.2, 0.25) is 10.0 Å². The highest BCUT2D eigenvalue weighted by molar-refractivity contribution is 14.1. The molecule has 0 aliphatic carbocycles. The first-order valence-electron chi connectivity index (χ1n) is 8.37. The number of imidazole rings is 1. The van der Waals surface area contributed by atoms with Crippen LogP contribution < -0.4 is 4.90 Å². The van der Waals surface area contributed by atoms with E-state index in [0.717, 1.165) is 9.26 Å². The molecule has 1 aliphatic heterocycles. The number of aromatic nitrogens is 2. The van der Waals surface area contributed by atoms with Crippen molar-refractivity contribution < 1.29 is 4.79 Å². The highest BCUT2D eigenvalue weighted by Crippen LogP contribution is 2.43. The lowest BCUT2D eigenvalue weighted by Crippen LogP contribution is -2.41. The number of halogens is 3. The number of benzene rings is 2. The molecule has 0 saturated carbocycles. The normalized spacial score (nSPS) is 18.2. The summed E-state index contributed by atoms with van der Waals surface area (Å²) in [4.78, 5) is 19.6. The van der Waals surface area contributed by atoms with Crippen molar-refractivity contribution in [3.05, 3.63) is 73.5 Å². The Labute approximate surface area is 185 Å². The monoisotopic (exact) mass is 522 g/mol. The van der Waals surface area contributed by atoms with E-state index in [2.05, 4.69) is 33.6 Å². The van der Waals surface area contributed by atoms with Crippen molar-refractivity contribution in [2.75, 3.05) is 4.90 Å². The molecule has 1 atom stereocenters. The quantitative estimate of drug-likeness (QED) is 0.438. The van der Waals surface area contributed by atoms with Gasteiger partial charge in [0.05, 0.1) is 23.5 Å². The van der Waals surface area contributed by atoms with Gasteiger partial charge in [-0.25, -0.2) is 9.88 Å². The van der Waals surface area contributed by atoms with Crippen molar-refractivity contribution in [1.29, 1.82) is 5.26 Å². The Balaban J connectivity index is 1.81. The predicted molar refractivity (Wildman–Crippen MR) is 117 cm³/mol. The Morgan fingerprint density at radius 3 is 2.43 bits per heavy atom. The van der Waals surface area contributed by atoms with Gasteiger partial charge in [-0.3, -0.25) is 9.36 Å². The highest BCUT2D eigenvalue weighted by atomic mass is 127. The fourth-order valence-corrected chi connectivity index (χ4v) is 4.92. The van der Waals surface area contributed by atoms with E-state index in [1.165, 1.54) is 0 Å². The predicted octanol–water partition coefficient (Wildman–Crippen LogP) is 5.30. The van der Waals surface area contributed by atoms with Crippen LogP contribution in [0.15, 0.2) is 48.7 Å². The van der Waals surface area contributed by atoms with Gasteiger partial charge in [0.1, 0.15) is 9.24 Å². The van der Waals surface area contributed by atoms with Crippen LogP contribution >= 0.6 is 45.8 Å². The van der Waals surface area contributed by atoms with Crippen molar-refractivity contribution in [2.24, 2.45) is 0 Å². The van der Waals surface area contributed by atoms with Gasteiger partial charge < -0.3 is 0 Å². The van der Waals surface area contributed by atoms with E-state index < -0.39 is 5.54 Å². The van der Waals surface area contributed by atoms with Crippen LogP contribution in [0.4, 0.5) is 11.6 Å². The molecule has 0 saturated heterocycles. The van der Waals surface area contributed by atoms with Gasteiger partial charge >= 0.3 is 0 Å². The lowest BCUT2D eigenvalue weighted by Gasteiger charge is -2.26. The number of amides is 1. The molecule has 4 rings (SSSR count). The molecular weight excluding hydrogens is 510 g/mol. The summed E-state index contributed by atoms with van der Waals surface area (Å²) in [6, 6.07) is 14.4. The first kappa shape index (κ1) is 19.2. The zero-order chi connectivity index (χ0) is 20.1. The largest absolute Gasteiger partial charge is 0.289 e. The Morgan fingerprint density at radius 1 is 1.18 bits per heavy atom. The van der Waals surface area contributed by atoms with Gasteiger partial charge in [0.15, 0.2) is 0 Å². The smallest absolute Gasteiger partial charge is 0.260 e. The molecule has 2 heterocycles. The van der Waals surface area contributed by atoms with Crippen molar-refractivity contribution in [1.82, 2.24) is 9.55 Å². The van der Waals surface area contributed by atoms with Gasteiger partial charge in [-0.1, -0.05) is 35.3 Å². The van der Waals surface area contributed by atoms with Gasteiger partial charge in [0, 0.05) is 16.5 Å². The van der Waals surface area contributed by atoms with E-state index >= 15 is 0 Å². The van der Waals surface area contributed by atoms with Gasteiger partial charge in [0.25, 0.3) is 5.91 Å². The van der Waals surface area contributed by atoms with Crippen LogP contribution in [0.3, 0.4) is 0 Å². The molecule has 1 unspecified atom stereocenters. The third kappa shape index (κ3) is 3.08.